The number of fused-ring (bicyclic) bond motifs is 1. The van der Waals surface area contributed by atoms with Crippen molar-refractivity contribution in [3.05, 3.63) is 59.4 Å². The van der Waals surface area contributed by atoms with Gasteiger partial charge in [0.1, 0.15) is 11.6 Å². The van der Waals surface area contributed by atoms with Gasteiger partial charge in [-0.05, 0) is 62.8 Å². The third-order valence-electron chi connectivity index (χ3n) is 7.65. The number of carbonyl (C=O) groups excluding carboxylic acids is 1. The van der Waals surface area contributed by atoms with Crippen molar-refractivity contribution < 1.29 is 9.53 Å². The predicted molar refractivity (Wildman–Crippen MR) is 136 cm³/mol. The lowest BCUT2D eigenvalue weighted by Crippen LogP contribution is -2.37. The molecule has 1 aliphatic heterocycles. The van der Waals surface area contributed by atoms with E-state index in [4.69, 9.17) is 9.72 Å². The molecule has 2 heterocycles. The van der Waals surface area contributed by atoms with Crippen molar-refractivity contribution >= 4 is 16.9 Å². The van der Waals surface area contributed by atoms with E-state index in [9.17, 15) is 4.79 Å². The van der Waals surface area contributed by atoms with E-state index in [2.05, 4.69) is 65.8 Å². The lowest BCUT2D eigenvalue weighted by Gasteiger charge is -2.31. The van der Waals surface area contributed by atoms with E-state index in [0.717, 1.165) is 55.9 Å². The lowest BCUT2D eigenvalue weighted by molar-refractivity contribution is -0.130. The first-order valence-corrected chi connectivity index (χ1v) is 13.1. The molecule has 1 aliphatic carbocycles. The molecule has 5 nitrogen and oxygen atoms in total. The third-order valence-corrected chi connectivity index (χ3v) is 7.65. The molecule has 1 atom stereocenters. The van der Waals surface area contributed by atoms with Crippen LogP contribution in [-0.4, -0.2) is 39.6 Å². The molecule has 3 aromatic rings. The summed E-state index contributed by atoms with van der Waals surface area (Å²) in [5, 5.41) is 0. The molecule has 2 aliphatic rings. The average Bonchev–Trinajstić information content (AvgIpc) is 3.41. The Bertz CT molecular complexity index is 1130. The van der Waals surface area contributed by atoms with Gasteiger partial charge in [-0.3, -0.25) is 4.79 Å². The van der Waals surface area contributed by atoms with Gasteiger partial charge in [-0.2, -0.15) is 0 Å². The Morgan fingerprint density at radius 2 is 1.74 bits per heavy atom. The maximum atomic E-state index is 12.9. The number of benzene rings is 2. The fraction of sp³-hybridized carbons (Fsp3) is 0.517. The number of ether oxygens (including phenoxy) is 1. The molecule has 5 heteroatoms. The first kappa shape index (κ1) is 22.9. The molecule has 0 radical (unpaired) electrons. The van der Waals surface area contributed by atoms with Crippen LogP contribution < -0.4 is 4.74 Å². The number of aromatic nitrogens is 2. The highest BCUT2D eigenvalue weighted by Crippen LogP contribution is 2.34. The zero-order valence-electron chi connectivity index (χ0n) is 20.6. The lowest BCUT2D eigenvalue weighted by atomic mass is 9.94. The predicted octanol–water partition coefficient (Wildman–Crippen LogP) is 6.16. The Labute approximate surface area is 203 Å². The summed E-state index contributed by atoms with van der Waals surface area (Å²) in [6, 6.07) is 15.1. The van der Waals surface area contributed by atoms with Crippen molar-refractivity contribution in [1.29, 1.82) is 0 Å². The summed E-state index contributed by atoms with van der Waals surface area (Å²) >= 11 is 0. The molecular weight excluding hydrogens is 422 g/mol. The van der Waals surface area contributed by atoms with Gasteiger partial charge < -0.3 is 14.2 Å². The number of carbonyl (C=O) groups is 1. The van der Waals surface area contributed by atoms with Gasteiger partial charge >= 0.3 is 0 Å². The van der Waals surface area contributed by atoms with Crippen LogP contribution in [-0.2, 0) is 11.3 Å². The molecule has 0 bridgehead atoms. The number of imidazole rings is 1. The zero-order chi connectivity index (χ0) is 23.5. The van der Waals surface area contributed by atoms with Crippen LogP contribution >= 0.6 is 0 Å². The molecule has 5 rings (SSSR count). The number of hydrogen-bond donors (Lipinski definition) is 0. The van der Waals surface area contributed by atoms with E-state index < -0.39 is 0 Å². The van der Waals surface area contributed by atoms with Crippen molar-refractivity contribution in [3.63, 3.8) is 0 Å². The Hall–Kier alpha value is -2.82. The van der Waals surface area contributed by atoms with Crippen molar-refractivity contribution in [2.75, 3.05) is 13.2 Å². The number of rotatable bonds is 8. The van der Waals surface area contributed by atoms with E-state index in [1.54, 1.807) is 0 Å². The number of hydrogen-bond acceptors (Lipinski definition) is 3. The molecule has 0 spiro atoms. The molecule has 1 saturated heterocycles. The van der Waals surface area contributed by atoms with E-state index in [1.807, 2.05) is 0 Å². The Kier molecular flexibility index (Phi) is 6.89. The first-order valence-electron chi connectivity index (χ1n) is 13.1. The standard InChI is InChI=1S/C29H37N3O2/c1-21-11-10-12-22(2)28(21)34-18-9-8-17-31-26-16-7-6-15-25(26)30-29(31)23-19-27(33)32(20-23)24-13-4-3-5-14-24/h6-7,10-12,15-16,23-24H,3-5,8-9,13-14,17-20H2,1-2H3. The van der Waals surface area contributed by atoms with Gasteiger partial charge in [0.15, 0.2) is 0 Å². The molecule has 180 valence electrons. The number of para-hydroxylation sites is 3. The molecule has 1 aromatic heterocycles. The maximum Gasteiger partial charge on any atom is 0.223 e. The van der Waals surface area contributed by atoms with Crippen LogP contribution in [0.25, 0.3) is 11.0 Å². The van der Waals surface area contributed by atoms with Gasteiger partial charge in [0.05, 0.1) is 17.6 Å². The Balaban J connectivity index is 1.26. The van der Waals surface area contributed by atoms with Crippen LogP contribution in [0.2, 0.25) is 0 Å². The summed E-state index contributed by atoms with van der Waals surface area (Å²) in [4.78, 5) is 20.1. The van der Waals surface area contributed by atoms with Crippen molar-refractivity contribution in [3.8, 4) is 5.75 Å². The Morgan fingerprint density at radius 3 is 2.53 bits per heavy atom. The number of nitrogens with zero attached hydrogens (tertiary/aromatic N) is 3. The highest BCUT2D eigenvalue weighted by Gasteiger charge is 2.37. The van der Waals surface area contributed by atoms with Gasteiger partial charge in [0.2, 0.25) is 5.91 Å². The molecule has 0 N–H and O–H groups in total. The van der Waals surface area contributed by atoms with Gasteiger partial charge in [-0.15, -0.1) is 0 Å². The number of amides is 1. The smallest absolute Gasteiger partial charge is 0.223 e. The van der Waals surface area contributed by atoms with E-state index >= 15 is 0 Å². The van der Waals surface area contributed by atoms with Crippen molar-refractivity contribution in [1.82, 2.24) is 14.5 Å². The number of likely N-dealkylation sites (tertiary alicyclic amines) is 1. The molecule has 34 heavy (non-hydrogen) atoms. The summed E-state index contributed by atoms with van der Waals surface area (Å²) in [5.74, 6) is 2.61. The normalized spacial score (nSPS) is 19.3. The number of unbranched alkanes of at least 4 members (excludes halogenated alkanes) is 1. The van der Waals surface area contributed by atoms with Crippen LogP contribution in [0, 0.1) is 13.8 Å². The monoisotopic (exact) mass is 459 g/mol. The summed E-state index contributed by atoms with van der Waals surface area (Å²) in [6.07, 6.45) is 8.73. The van der Waals surface area contributed by atoms with Crippen LogP contribution in [0.1, 0.15) is 74.2 Å². The highest BCUT2D eigenvalue weighted by molar-refractivity contribution is 5.81. The third kappa shape index (κ3) is 4.70. The second-order valence-corrected chi connectivity index (χ2v) is 10.1. The molecule has 2 aromatic carbocycles. The molecular formula is C29H37N3O2. The topological polar surface area (TPSA) is 47.4 Å². The van der Waals surface area contributed by atoms with Crippen LogP contribution in [0.5, 0.6) is 5.75 Å². The summed E-state index contributed by atoms with van der Waals surface area (Å²) in [7, 11) is 0. The minimum Gasteiger partial charge on any atom is -0.493 e. The summed E-state index contributed by atoms with van der Waals surface area (Å²) in [5.41, 5.74) is 4.59. The highest BCUT2D eigenvalue weighted by atomic mass is 16.5. The second-order valence-electron chi connectivity index (χ2n) is 10.1. The molecule has 2 fully saturated rings. The minimum absolute atomic E-state index is 0.188. The number of aryl methyl sites for hydroxylation is 3. The fourth-order valence-corrected chi connectivity index (χ4v) is 5.86. The molecule has 1 saturated carbocycles. The summed E-state index contributed by atoms with van der Waals surface area (Å²) in [6.45, 7) is 6.64. The Morgan fingerprint density at radius 1 is 0.971 bits per heavy atom. The van der Waals surface area contributed by atoms with E-state index in [-0.39, 0.29) is 5.92 Å². The molecule has 1 unspecified atom stereocenters. The van der Waals surface area contributed by atoms with Gasteiger partial charge in [-0.25, -0.2) is 4.98 Å². The fourth-order valence-electron chi connectivity index (χ4n) is 5.86. The minimum atomic E-state index is 0.188. The SMILES string of the molecule is Cc1cccc(C)c1OCCCCn1c(C2CC(=O)N(C3CCCCC3)C2)nc2ccccc21. The molecule has 1 amide bonds. The van der Waals surface area contributed by atoms with Crippen LogP contribution in [0.15, 0.2) is 42.5 Å². The zero-order valence-corrected chi connectivity index (χ0v) is 20.6. The van der Waals surface area contributed by atoms with Crippen molar-refractivity contribution in [2.24, 2.45) is 0 Å². The van der Waals surface area contributed by atoms with E-state index in [0.29, 0.717) is 25.0 Å². The average molecular weight is 460 g/mol. The van der Waals surface area contributed by atoms with Gasteiger partial charge in [0.25, 0.3) is 0 Å². The van der Waals surface area contributed by atoms with E-state index in [1.165, 1.54) is 35.9 Å². The van der Waals surface area contributed by atoms with Crippen LogP contribution in [0.3, 0.4) is 0 Å². The quantitative estimate of drug-likeness (QED) is 0.379. The second kappa shape index (κ2) is 10.2. The first-order chi connectivity index (χ1) is 16.6. The van der Waals surface area contributed by atoms with Gasteiger partial charge in [0, 0.05) is 31.5 Å². The maximum absolute atomic E-state index is 12.9. The van der Waals surface area contributed by atoms with Crippen molar-refractivity contribution in [2.45, 2.75) is 83.7 Å². The largest absolute Gasteiger partial charge is 0.493 e. The van der Waals surface area contributed by atoms with Gasteiger partial charge in [-0.1, -0.05) is 49.6 Å². The summed E-state index contributed by atoms with van der Waals surface area (Å²) < 4.78 is 8.50. The van der Waals surface area contributed by atoms with Crippen LogP contribution in [0.4, 0.5) is 0 Å².